The van der Waals surface area contributed by atoms with Crippen LogP contribution in [0.25, 0.3) is 11.1 Å². The van der Waals surface area contributed by atoms with Crippen LogP contribution in [0.2, 0.25) is 5.02 Å². The van der Waals surface area contributed by atoms with Gasteiger partial charge in [0.25, 0.3) is 0 Å². The number of nitrogens with one attached hydrogen (secondary N) is 1. The van der Waals surface area contributed by atoms with Crippen LogP contribution in [0, 0.1) is 12.7 Å². The Labute approximate surface area is 124 Å². The fraction of sp³-hybridized carbons (Fsp3) is 0.294. The minimum absolute atomic E-state index is 0.179. The lowest BCUT2D eigenvalue weighted by Crippen LogP contribution is -2.14. The molecule has 1 nitrogen and oxygen atoms in total. The van der Waals surface area contributed by atoms with Gasteiger partial charge in [-0.15, -0.1) is 0 Å². The zero-order valence-electron chi connectivity index (χ0n) is 11.8. The standard InChI is InChI=1S/C17H19ClFN/c1-3-8-20-11-14-4-6-15(18)10-16(14)13-5-7-17(19)12(2)9-13/h4-7,9-10,20H,3,8,11H2,1-2H3. The molecule has 106 valence electrons. The van der Waals surface area contributed by atoms with E-state index in [-0.39, 0.29) is 5.82 Å². The summed E-state index contributed by atoms with van der Waals surface area (Å²) in [7, 11) is 0. The molecule has 20 heavy (non-hydrogen) atoms. The first-order valence-electron chi connectivity index (χ1n) is 6.87. The summed E-state index contributed by atoms with van der Waals surface area (Å²) in [5.74, 6) is -0.179. The highest BCUT2D eigenvalue weighted by molar-refractivity contribution is 6.30. The molecule has 0 atom stereocenters. The molecule has 3 heteroatoms. The van der Waals surface area contributed by atoms with Gasteiger partial charge in [-0.1, -0.05) is 30.7 Å². The predicted molar refractivity (Wildman–Crippen MR) is 83.6 cm³/mol. The van der Waals surface area contributed by atoms with Crippen LogP contribution in [0.1, 0.15) is 24.5 Å². The molecule has 0 saturated carbocycles. The van der Waals surface area contributed by atoms with Gasteiger partial charge in [0.2, 0.25) is 0 Å². The zero-order valence-corrected chi connectivity index (χ0v) is 12.6. The van der Waals surface area contributed by atoms with Crippen LogP contribution >= 0.6 is 11.6 Å². The number of aryl methyl sites for hydroxylation is 1. The molecule has 2 aromatic rings. The van der Waals surface area contributed by atoms with E-state index in [1.54, 1.807) is 13.0 Å². The molecule has 1 N–H and O–H groups in total. The first-order valence-corrected chi connectivity index (χ1v) is 7.25. The first kappa shape index (κ1) is 15.0. The quantitative estimate of drug-likeness (QED) is 0.768. The van der Waals surface area contributed by atoms with Crippen molar-refractivity contribution < 1.29 is 4.39 Å². The highest BCUT2D eigenvalue weighted by Gasteiger charge is 2.08. The van der Waals surface area contributed by atoms with E-state index >= 15 is 0 Å². The highest BCUT2D eigenvalue weighted by Crippen LogP contribution is 2.28. The predicted octanol–water partition coefficient (Wildman–Crippen LogP) is 4.95. The SMILES string of the molecule is CCCNCc1ccc(Cl)cc1-c1ccc(F)c(C)c1. The van der Waals surface area contributed by atoms with Crippen LogP contribution in [0.5, 0.6) is 0 Å². The van der Waals surface area contributed by atoms with Crippen molar-refractivity contribution >= 4 is 11.6 Å². The monoisotopic (exact) mass is 291 g/mol. The lowest BCUT2D eigenvalue weighted by atomic mass is 9.98. The molecule has 0 spiro atoms. The van der Waals surface area contributed by atoms with Crippen molar-refractivity contribution in [3.05, 3.63) is 58.4 Å². The summed E-state index contributed by atoms with van der Waals surface area (Å²) in [6.07, 6.45) is 1.10. The summed E-state index contributed by atoms with van der Waals surface area (Å²) in [4.78, 5) is 0. The van der Waals surface area contributed by atoms with Gasteiger partial charge in [0.1, 0.15) is 5.82 Å². The van der Waals surface area contributed by atoms with E-state index in [2.05, 4.69) is 12.2 Å². The molecule has 0 unspecified atom stereocenters. The average molecular weight is 292 g/mol. The van der Waals surface area contributed by atoms with Crippen molar-refractivity contribution in [2.24, 2.45) is 0 Å². The van der Waals surface area contributed by atoms with Crippen molar-refractivity contribution in [3.63, 3.8) is 0 Å². The van der Waals surface area contributed by atoms with E-state index in [0.29, 0.717) is 10.6 Å². The Bertz CT molecular complexity index is 596. The Morgan fingerprint density at radius 3 is 2.65 bits per heavy atom. The number of rotatable bonds is 5. The third kappa shape index (κ3) is 3.59. The van der Waals surface area contributed by atoms with E-state index in [1.807, 2.05) is 24.3 Å². The molecule has 0 fully saturated rings. The van der Waals surface area contributed by atoms with Gasteiger partial charge in [0.15, 0.2) is 0 Å². The smallest absolute Gasteiger partial charge is 0.126 e. The third-order valence-electron chi connectivity index (χ3n) is 3.28. The summed E-state index contributed by atoms with van der Waals surface area (Å²) >= 11 is 6.10. The summed E-state index contributed by atoms with van der Waals surface area (Å²) in [6, 6.07) is 11.0. The van der Waals surface area contributed by atoms with Crippen molar-refractivity contribution in [1.82, 2.24) is 5.32 Å². The van der Waals surface area contributed by atoms with Gasteiger partial charge in [0.05, 0.1) is 0 Å². The second-order valence-electron chi connectivity index (χ2n) is 4.94. The Morgan fingerprint density at radius 1 is 1.15 bits per heavy atom. The summed E-state index contributed by atoms with van der Waals surface area (Å²) in [5, 5.41) is 4.09. The zero-order chi connectivity index (χ0) is 14.5. The van der Waals surface area contributed by atoms with E-state index in [9.17, 15) is 4.39 Å². The normalized spacial score (nSPS) is 10.8. The number of benzene rings is 2. The van der Waals surface area contributed by atoms with Crippen LogP contribution in [-0.2, 0) is 6.54 Å². The fourth-order valence-corrected chi connectivity index (χ4v) is 2.36. The van der Waals surface area contributed by atoms with Gasteiger partial charge in [-0.3, -0.25) is 0 Å². The molecule has 0 aliphatic carbocycles. The number of halogens is 2. The van der Waals surface area contributed by atoms with Gasteiger partial charge in [-0.2, -0.15) is 0 Å². The Morgan fingerprint density at radius 2 is 1.95 bits per heavy atom. The van der Waals surface area contributed by atoms with Crippen molar-refractivity contribution in [1.29, 1.82) is 0 Å². The Kier molecular flexibility index (Phi) is 5.16. The van der Waals surface area contributed by atoms with Gasteiger partial charge in [-0.25, -0.2) is 4.39 Å². The largest absolute Gasteiger partial charge is 0.313 e. The maximum Gasteiger partial charge on any atom is 0.126 e. The maximum absolute atomic E-state index is 13.4. The molecule has 0 amide bonds. The molecule has 0 aromatic heterocycles. The van der Waals surface area contributed by atoms with Crippen molar-refractivity contribution in [2.45, 2.75) is 26.8 Å². The van der Waals surface area contributed by atoms with E-state index in [4.69, 9.17) is 11.6 Å². The lowest BCUT2D eigenvalue weighted by Gasteiger charge is -2.12. The summed E-state index contributed by atoms with van der Waals surface area (Å²) in [6.45, 7) is 5.68. The average Bonchev–Trinajstić information content (AvgIpc) is 2.44. The topological polar surface area (TPSA) is 12.0 Å². The van der Waals surface area contributed by atoms with Crippen LogP contribution in [-0.4, -0.2) is 6.54 Å². The number of hydrogen-bond donors (Lipinski definition) is 1. The highest BCUT2D eigenvalue weighted by atomic mass is 35.5. The van der Waals surface area contributed by atoms with Gasteiger partial charge < -0.3 is 5.32 Å². The van der Waals surface area contributed by atoms with Gasteiger partial charge in [-0.05, 0) is 66.4 Å². The van der Waals surface area contributed by atoms with E-state index in [1.165, 1.54) is 11.6 Å². The fourth-order valence-electron chi connectivity index (χ4n) is 2.18. The number of hydrogen-bond acceptors (Lipinski definition) is 1. The minimum atomic E-state index is -0.179. The van der Waals surface area contributed by atoms with E-state index in [0.717, 1.165) is 30.6 Å². The molecule has 0 aliphatic rings. The van der Waals surface area contributed by atoms with Crippen molar-refractivity contribution in [2.75, 3.05) is 6.54 Å². The van der Waals surface area contributed by atoms with Crippen LogP contribution in [0.3, 0.4) is 0 Å². The second kappa shape index (κ2) is 6.87. The minimum Gasteiger partial charge on any atom is -0.313 e. The molecular formula is C17H19ClFN. The molecule has 0 heterocycles. The molecule has 0 bridgehead atoms. The molecule has 2 aromatic carbocycles. The Balaban J connectivity index is 2.37. The summed E-state index contributed by atoms with van der Waals surface area (Å²) < 4.78 is 13.4. The molecular weight excluding hydrogens is 273 g/mol. The lowest BCUT2D eigenvalue weighted by molar-refractivity contribution is 0.618. The van der Waals surface area contributed by atoms with Crippen molar-refractivity contribution in [3.8, 4) is 11.1 Å². The Hall–Kier alpha value is -1.38. The molecule has 2 rings (SSSR count). The van der Waals surface area contributed by atoms with Crippen LogP contribution < -0.4 is 5.32 Å². The first-order chi connectivity index (χ1) is 9.61. The molecule has 0 saturated heterocycles. The molecule has 0 radical (unpaired) electrons. The third-order valence-corrected chi connectivity index (χ3v) is 3.52. The summed E-state index contributed by atoms with van der Waals surface area (Å²) in [5.41, 5.74) is 3.88. The van der Waals surface area contributed by atoms with Crippen LogP contribution in [0.4, 0.5) is 4.39 Å². The van der Waals surface area contributed by atoms with Gasteiger partial charge >= 0.3 is 0 Å². The maximum atomic E-state index is 13.4. The van der Waals surface area contributed by atoms with Crippen LogP contribution in [0.15, 0.2) is 36.4 Å². The van der Waals surface area contributed by atoms with E-state index < -0.39 is 0 Å². The second-order valence-corrected chi connectivity index (χ2v) is 5.38. The van der Waals surface area contributed by atoms with Gasteiger partial charge in [0, 0.05) is 11.6 Å². The molecule has 0 aliphatic heterocycles.